The van der Waals surface area contributed by atoms with Gasteiger partial charge in [-0.1, -0.05) is 12.1 Å². The first-order valence-corrected chi connectivity index (χ1v) is 9.08. The lowest BCUT2D eigenvalue weighted by Crippen LogP contribution is -2.21. The van der Waals surface area contributed by atoms with Gasteiger partial charge >= 0.3 is 0 Å². The van der Waals surface area contributed by atoms with E-state index in [0.29, 0.717) is 22.9 Å². The van der Waals surface area contributed by atoms with Crippen molar-refractivity contribution in [3.8, 4) is 11.5 Å². The van der Waals surface area contributed by atoms with Crippen LogP contribution < -0.4 is 25.7 Å². The molecule has 1 atom stereocenters. The van der Waals surface area contributed by atoms with Gasteiger partial charge < -0.3 is 20.9 Å². The maximum Gasteiger partial charge on any atom is 0.255 e. The van der Waals surface area contributed by atoms with E-state index in [1.165, 1.54) is 25.7 Å². The van der Waals surface area contributed by atoms with E-state index >= 15 is 0 Å². The van der Waals surface area contributed by atoms with Crippen molar-refractivity contribution < 1.29 is 18.5 Å². The first-order chi connectivity index (χ1) is 12.9. The number of methoxy groups -OCH3 is 2. The fourth-order valence-corrected chi connectivity index (χ4v) is 2.81. The molecule has 0 fully saturated rings. The summed E-state index contributed by atoms with van der Waals surface area (Å²) in [5, 5.41) is 1.36. The van der Waals surface area contributed by atoms with Crippen molar-refractivity contribution in [3.63, 3.8) is 0 Å². The zero-order valence-corrected chi connectivity index (χ0v) is 15.8. The Labute approximate surface area is 160 Å². The molecule has 0 heterocycles. The Morgan fingerprint density at radius 2 is 1.48 bits per heavy atom. The number of rotatable bonds is 7. The Balaban J connectivity index is 1.94. The molecule has 142 valence electrons. The Morgan fingerprint density at radius 3 is 1.96 bits per heavy atom. The molecule has 5 N–H and O–H groups in total. The van der Waals surface area contributed by atoms with Gasteiger partial charge in [0.25, 0.3) is 5.91 Å². The molecule has 0 saturated carbocycles. The van der Waals surface area contributed by atoms with Crippen LogP contribution in [-0.2, 0) is 15.8 Å². The highest BCUT2D eigenvalue weighted by Gasteiger charge is 2.02. The van der Waals surface area contributed by atoms with E-state index < -0.39 is 16.9 Å². The maximum absolute atomic E-state index is 11.9. The van der Waals surface area contributed by atoms with E-state index in [0.717, 1.165) is 11.1 Å². The van der Waals surface area contributed by atoms with Gasteiger partial charge in [0.05, 0.1) is 25.6 Å². The molecule has 27 heavy (non-hydrogen) atoms. The highest BCUT2D eigenvalue weighted by molar-refractivity contribution is 7.86. The number of carbonyl (C=O) groups is 1. The van der Waals surface area contributed by atoms with Crippen molar-refractivity contribution in [3.05, 3.63) is 59.0 Å². The van der Waals surface area contributed by atoms with Gasteiger partial charge in [0, 0.05) is 11.5 Å². The summed E-state index contributed by atoms with van der Waals surface area (Å²) >= 11 is 0. The van der Waals surface area contributed by atoms with Gasteiger partial charge in [0.15, 0.2) is 0 Å². The number of hydrogen-bond donors (Lipinski definition) is 3. The third-order valence-corrected chi connectivity index (χ3v) is 4.31. The first-order valence-electron chi connectivity index (χ1n) is 7.87. The number of hydrogen-bond acceptors (Lipinski definition) is 6. The molecule has 0 radical (unpaired) electrons. The number of nitrogen functional groups attached to an aromatic ring is 2. The third kappa shape index (κ3) is 5.89. The van der Waals surface area contributed by atoms with Crippen LogP contribution >= 0.6 is 0 Å². The second kappa shape index (κ2) is 9.44. The second-order valence-electron chi connectivity index (χ2n) is 5.40. The van der Waals surface area contributed by atoms with E-state index in [4.69, 9.17) is 20.9 Å². The minimum absolute atomic E-state index is 0.463. The number of anilines is 2. The number of carbonyl (C=O) groups excluding carboxylic acids is 1. The van der Waals surface area contributed by atoms with Crippen molar-refractivity contribution in [1.29, 1.82) is 0 Å². The first kappa shape index (κ1) is 20.1. The summed E-state index contributed by atoms with van der Waals surface area (Å²) in [4.78, 5) is 11.9. The summed E-state index contributed by atoms with van der Waals surface area (Å²) in [5.41, 5.74) is 14.0. The largest absolute Gasteiger partial charge is 0.495 e. The quantitative estimate of drug-likeness (QED) is 0.496. The van der Waals surface area contributed by atoms with Crippen LogP contribution in [0.15, 0.2) is 47.9 Å². The summed E-state index contributed by atoms with van der Waals surface area (Å²) in [6.45, 7) is 0. The molecular formula is C19H21N3O4S. The zero-order valence-electron chi connectivity index (χ0n) is 15.0. The smallest absolute Gasteiger partial charge is 0.255 e. The van der Waals surface area contributed by atoms with Gasteiger partial charge in [-0.3, -0.25) is 9.52 Å². The molecule has 2 aromatic carbocycles. The Morgan fingerprint density at radius 1 is 0.963 bits per heavy atom. The van der Waals surface area contributed by atoms with E-state index in [1.807, 2.05) is 0 Å². The lowest BCUT2D eigenvalue weighted by Gasteiger charge is -2.04. The summed E-state index contributed by atoms with van der Waals surface area (Å²) in [6, 6.07) is 10.3. The van der Waals surface area contributed by atoms with Crippen molar-refractivity contribution in [2.45, 2.75) is 0 Å². The van der Waals surface area contributed by atoms with Gasteiger partial charge in [-0.2, -0.15) is 0 Å². The number of nitrogens with one attached hydrogen (secondary N) is 1. The molecule has 2 rings (SSSR count). The molecular weight excluding hydrogens is 366 g/mol. The molecule has 2 aromatic rings. The average molecular weight is 387 g/mol. The van der Waals surface area contributed by atoms with Crippen LogP contribution in [0.25, 0.3) is 12.2 Å². The van der Waals surface area contributed by atoms with E-state index in [2.05, 4.69) is 4.72 Å². The molecule has 0 aliphatic rings. The topological polar surface area (TPSA) is 117 Å². The summed E-state index contributed by atoms with van der Waals surface area (Å²) in [7, 11) is 1.37. The molecule has 7 nitrogen and oxygen atoms in total. The van der Waals surface area contributed by atoms with Gasteiger partial charge in [-0.15, -0.1) is 0 Å². The van der Waals surface area contributed by atoms with Crippen molar-refractivity contribution in [2.75, 3.05) is 25.7 Å². The SMILES string of the molecule is COc1ccc(C=CC(=O)NS(=O)C=Cc2ccc(OC)c(N)c2)cc1N. The lowest BCUT2D eigenvalue weighted by atomic mass is 10.2. The number of ether oxygens (including phenoxy) is 2. The summed E-state index contributed by atoms with van der Waals surface area (Å²) < 4.78 is 24.4. The normalized spacial score (nSPS) is 12.2. The number of benzene rings is 2. The standard InChI is InChI=1S/C19H21N3O4S/c1-25-17-6-3-13(11-15(17)20)5-8-19(23)22-27(24)10-9-14-4-7-18(26-2)16(21)12-14/h3-12H,20-21H2,1-2H3,(H,22,23). The second-order valence-corrected chi connectivity index (χ2v) is 6.47. The fraction of sp³-hybridized carbons (Fsp3) is 0.105. The minimum Gasteiger partial charge on any atom is -0.495 e. The highest BCUT2D eigenvalue weighted by atomic mass is 32.2. The van der Waals surface area contributed by atoms with Crippen LogP contribution in [-0.4, -0.2) is 24.3 Å². The molecule has 0 saturated heterocycles. The summed E-state index contributed by atoms with van der Waals surface area (Å²) in [5.74, 6) is 0.620. The molecule has 1 unspecified atom stereocenters. The molecule has 0 aliphatic carbocycles. The number of amides is 1. The van der Waals surface area contributed by atoms with E-state index in [9.17, 15) is 9.00 Å². The van der Waals surface area contributed by atoms with E-state index in [1.54, 1.807) is 48.6 Å². The highest BCUT2D eigenvalue weighted by Crippen LogP contribution is 2.23. The van der Waals surface area contributed by atoms with Crippen LogP contribution in [0.1, 0.15) is 11.1 Å². The Kier molecular flexibility index (Phi) is 7.01. The van der Waals surface area contributed by atoms with Crippen LogP contribution in [0, 0.1) is 0 Å². The van der Waals surface area contributed by atoms with Gasteiger partial charge in [0.2, 0.25) is 0 Å². The van der Waals surface area contributed by atoms with Crippen molar-refractivity contribution in [2.24, 2.45) is 0 Å². The average Bonchev–Trinajstić information content (AvgIpc) is 2.65. The lowest BCUT2D eigenvalue weighted by molar-refractivity contribution is -0.114. The predicted octanol–water partition coefficient (Wildman–Crippen LogP) is 2.33. The zero-order chi connectivity index (χ0) is 19.8. The molecule has 0 aromatic heterocycles. The molecule has 1 amide bonds. The van der Waals surface area contributed by atoms with Crippen LogP contribution in [0.3, 0.4) is 0 Å². The Bertz CT molecular complexity index is 836. The van der Waals surface area contributed by atoms with Crippen LogP contribution in [0.4, 0.5) is 11.4 Å². The van der Waals surface area contributed by atoms with Crippen molar-refractivity contribution in [1.82, 2.24) is 4.72 Å². The predicted molar refractivity (Wildman–Crippen MR) is 109 cm³/mol. The van der Waals surface area contributed by atoms with Crippen molar-refractivity contribution >= 4 is 40.4 Å². The molecule has 8 heteroatoms. The summed E-state index contributed by atoms with van der Waals surface area (Å²) in [6.07, 6.45) is 4.44. The van der Waals surface area contributed by atoms with Gasteiger partial charge in [-0.05, 0) is 47.5 Å². The number of nitrogens with two attached hydrogens (primary N) is 2. The van der Waals surface area contributed by atoms with E-state index in [-0.39, 0.29) is 0 Å². The monoisotopic (exact) mass is 387 g/mol. The minimum atomic E-state index is -1.68. The maximum atomic E-state index is 11.9. The van der Waals surface area contributed by atoms with Gasteiger partial charge in [0.1, 0.15) is 22.5 Å². The van der Waals surface area contributed by atoms with Crippen LogP contribution in [0.5, 0.6) is 11.5 Å². The van der Waals surface area contributed by atoms with Crippen LogP contribution in [0.2, 0.25) is 0 Å². The third-order valence-electron chi connectivity index (χ3n) is 3.52. The molecule has 0 aliphatic heterocycles. The molecule has 0 bridgehead atoms. The van der Waals surface area contributed by atoms with Gasteiger partial charge in [-0.25, -0.2) is 4.21 Å². The Hall–Kier alpha value is -3.26. The molecule has 0 spiro atoms. The fourth-order valence-electron chi connectivity index (χ4n) is 2.19.